The minimum atomic E-state index is -0.160. The summed E-state index contributed by atoms with van der Waals surface area (Å²) >= 11 is 0. The number of urea groups is 1. The molecular weight excluding hydrogens is 246 g/mol. The monoisotopic (exact) mass is 267 g/mol. The molecule has 106 valence electrons. The van der Waals surface area contributed by atoms with E-state index in [0.29, 0.717) is 13.2 Å². The number of carbonyl (C=O) groups excluding carboxylic acids is 1. The van der Waals surface area contributed by atoms with E-state index in [1.165, 1.54) is 0 Å². The van der Waals surface area contributed by atoms with Gasteiger partial charge in [-0.3, -0.25) is 0 Å². The Labute approximate surface area is 112 Å². The molecule has 0 saturated carbocycles. The Hall–Kier alpha value is -1.63. The minimum Gasteiger partial charge on any atom is -0.383 e. The van der Waals surface area contributed by atoms with Gasteiger partial charge in [0.15, 0.2) is 5.82 Å². The third kappa shape index (κ3) is 3.44. The molecule has 1 N–H and O–H groups in total. The summed E-state index contributed by atoms with van der Waals surface area (Å²) in [5.74, 6) is 0.754. The molecule has 0 bridgehead atoms. The Bertz CT molecular complexity index is 414. The lowest BCUT2D eigenvalue weighted by molar-refractivity contribution is 0.185. The first-order chi connectivity index (χ1) is 9.22. The molecule has 19 heavy (non-hydrogen) atoms. The van der Waals surface area contributed by atoms with Gasteiger partial charge in [-0.2, -0.15) is 0 Å². The molecule has 2 heterocycles. The predicted octanol–water partition coefficient (Wildman–Crippen LogP) is 0.791. The summed E-state index contributed by atoms with van der Waals surface area (Å²) in [6.07, 6.45) is 3.84. The molecule has 2 amide bonds. The Balaban J connectivity index is 1.93. The van der Waals surface area contributed by atoms with Crippen LogP contribution in [0.1, 0.15) is 31.6 Å². The molecule has 1 atom stereocenters. The zero-order valence-electron chi connectivity index (χ0n) is 11.5. The smallest absolute Gasteiger partial charge is 0.317 e. The first-order valence-electron chi connectivity index (χ1n) is 6.64. The highest BCUT2D eigenvalue weighted by molar-refractivity contribution is 5.74. The third-order valence-corrected chi connectivity index (χ3v) is 3.30. The highest BCUT2D eigenvalue weighted by Gasteiger charge is 2.21. The zero-order chi connectivity index (χ0) is 13.7. The maximum atomic E-state index is 12.0. The predicted molar refractivity (Wildman–Crippen MR) is 69.7 cm³/mol. The van der Waals surface area contributed by atoms with Gasteiger partial charge in [0.25, 0.3) is 0 Å². The average molecular weight is 267 g/mol. The van der Waals surface area contributed by atoms with Crippen molar-refractivity contribution in [3.63, 3.8) is 0 Å². The van der Waals surface area contributed by atoms with E-state index in [1.807, 2.05) is 16.4 Å². The van der Waals surface area contributed by atoms with Crippen molar-refractivity contribution in [3.05, 3.63) is 12.2 Å². The van der Waals surface area contributed by atoms with Gasteiger partial charge in [-0.15, -0.1) is 10.2 Å². The van der Waals surface area contributed by atoms with Crippen LogP contribution in [0.25, 0.3) is 0 Å². The van der Waals surface area contributed by atoms with Gasteiger partial charge in [0.05, 0.1) is 12.6 Å². The highest BCUT2D eigenvalue weighted by atomic mass is 16.5. The fourth-order valence-corrected chi connectivity index (χ4v) is 2.22. The number of nitrogens with one attached hydrogen (secondary N) is 1. The lowest BCUT2D eigenvalue weighted by Gasteiger charge is -2.20. The standard InChI is InChI=1S/C12H21N5O2/c1-10(14-12(18)16-5-3-4-6-16)11-15-13-9-17(11)7-8-19-2/h9-10H,3-8H2,1-2H3,(H,14,18)/t10-/m1/s1. The topological polar surface area (TPSA) is 72.3 Å². The molecule has 1 aromatic heterocycles. The van der Waals surface area contributed by atoms with E-state index in [2.05, 4.69) is 15.5 Å². The first kappa shape index (κ1) is 13.8. The molecule has 1 aliphatic heterocycles. The van der Waals surface area contributed by atoms with Crippen LogP contribution in [0.2, 0.25) is 0 Å². The second kappa shape index (κ2) is 6.51. The van der Waals surface area contributed by atoms with E-state index in [4.69, 9.17) is 4.74 Å². The fraction of sp³-hybridized carbons (Fsp3) is 0.750. The van der Waals surface area contributed by atoms with Crippen LogP contribution in [0.4, 0.5) is 4.79 Å². The van der Waals surface area contributed by atoms with Crippen molar-refractivity contribution >= 4 is 6.03 Å². The molecule has 0 spiro atoms. The minimum absolute atomic E-state index is 0.0220. The van der Waals surface area contributed by atoms with Gasteiger partial charge in [0, 0.05) is 26.7 Å². The number of likely N-dealkylation sites (tertiary alicyclic amines) is 1. The van der Waals surface area contributed by atoms with Gasteiger partial charge in [0.1, 0.15) is 6.33 Å². The number of rotatable bonds is 5. The van der Waals surface area contributed by atoms with Crippen molar-refractivity contribution in [1.29, 1.82) is 0 Å². The van der Waals surface area contributed by atoms with Crippen molar-refractivity contribution in [2.45, 2.75) is 32.4 Å². The van der Waals surface area contributed by atoms with Crippen LogP contribution < -0.4 is 5.32 Å². The number of hydrogen-bond acceptors (Lipinski definition) is 4. The lowest BCUT2D eigenvalue weighted by Crippen LogP contribution is -2.39. The molecule has 7 nitrogen and oxygen atoms in total. The largest absolute Gasteiger partial charge is 0.383 e. The maximum absolute atomic E-state index is 12.0. The third-order valence-electron chi connectivity index (χ3n) is 3.30. The van der Waals surface area contributed by atoms with Crippen LogP contribution in [-0.4, -0.2) is 52.5 Å². The average Bonchev–Trinajstić information content (AvgIpc) is 3.07. The number of nitrogens with zero attached hydrogens (tertiary/aromatic N) is 4. The van der Waals surface area contributed by atoms with Crippen LogP contribution in [-0.2, 0) is 11.3 Å². The molecule has 2 rings (SSSR count). The van der Waals surface area contributed by atoms with Gasteiger partial charge >= 0.3 is 6.03 Å². The number of ether oxygens (including phenoxy) is 1. The maximum Gasteiger partial charge on any atom is 0.317 e. The van der Waals surface area contributed by atoms with Crippen LogP contribution in [0.3, 0.4) is 0 Å². The van der Waals surface area contributed by atoms with Crippen molar-refractivity contribution < 1.29 is 9.53 Å². The van der Waals surface area contributed by atoms with Crippen molar-refractivity contribution in [1.82, 2.24) is 25.0 Å². The SMILES string of the molecule is COCCn1cnnc1[C@@H](C)NC(=O)N1CCCC1. The molecule has 1 aromatic rings. The van der Waals surface area contributed by atoms with E-state index < -0.39 is 0 Å². The molecule has 0 aromatic carbocycles. The summed E-state index contributed by atoms with van der Waals surface area (Å²) < 4.78 is 6.94. The fourth-order valence-electron chi connectivity index (χ4n) is 2.22. The highest BCUT2D eigenvalue weighted by Crippen LogP contribution is 2.12. The van der Waals surface area contributed by atoms with Gasteiger partial charge in [-0.25, -0.2) is 4.79 Å². The molecule has 1 saturated heterocycles. The van der Waals surface area contributed by atoms with Crippen LogP contribution in [0.15, 0.2) is 6.33 Å². The molecular formula is C12H21N5O2. The molecule has 0 radical (unpaired) electrons. The summed E-state index contributed by atoms with van der Waals surface area (Å²) in [4.78, 5) is 13.8. The second-order valence-corrected chi connectivity index (χ2v) is 4.74. The second-order valence-electron chi connectivity index (χ2n) is 4.74. The van der Waals surface area contributed by atoms with E-state index in [0.717, 1.165) is 31.8 Å². The van der Waals surface area contributed by atoms with Crippen molar-refractivity contribution in [3.8, 4) is 0 Å². The van der Waals surface area contributed by atoms with Crippen LogP contribution >= 0.6 is 0 Å². The van der Waals surface area contributed by atoms with Gasteiger partial charge < -0.3 is 19.5 Å². The van der Waals surface area contributed by atoms with Crippen LogP contribution in [0, 0.1) is 0 Å². The number of amides is 2. The van der Waals surface area contributed by atoms with E-state index in [1.54, 1.807) is 13.4 Å². The Morgan fingerprint density at radius 3 is 2.95 bits per heavy atom. The van der Waals surface area contributed by atoms with Gasteiger partial charge in [0.2, 0.25) is 0 Å². The van der Waals surface area contributed by atoms with Crippen molar-refractivity contribution in [2.75, 3.05) is 26.8 Å². The van der Waals surface area contributed by atoms with Crippen LogP contribution in [0.5, 0.6) is 0 Å². The van der Waals surface area contributed by atoms with E-state index >= 15 is 0 Å². The van der Waals surface area contributed by atoms with E-state index in [-0.39, 0.29) is 12.1 Å². The molecule has 7 heteroatoms. The van der Waals surface area contributed by atoms with E-state index in [9.17, 15) is 4.79 Å². The molecule has 1 fully saturated rings. The Kier molecular flexibility index (Phi) is 4.73. The number of aromatic nitrogens is 3. The number of methoxy groups -OCH3 is 1. The lowest BCUT2D eigenvalue weighted by atomic mass is 10.3. The molecule has 1 aliphatic rings. The summed E-state index contributed by atoms with van der Waals surface area (Å²) in [7, 11) is 1.66. The zero-order valence-corrected chi connectivity index (χ0v) is 11.5. The van der Waals surface area contributed by atoms with Gasteiger partial charge in [-0.1, -0.05) is 0 Å². The summed E-state index contributed by atoms with van der Waals surface area (Å²) in [5, 5.41) is 10.9. The first-order valence-corrected chi connectivity index (χ1v) is 6.64. The summed E-state index contributed by atoms with van der Waals surface area (Å²) in [6.45, 7) is 4.88. The normalized spacial score (nSPS) is 16.6. The molecule has 0 unspecified atom stereocenters. The van der Waals surface area contributed by atoms with Crippen molar-refractivity contribution in [2.24, 2.45) is 0 Å². The number of hydrogen-bond donors (Lipinski definition) is 1. The summed E-state index contributed by atoms with van der Waals surface area (Å²) in [6, 6.07) is -0.182. The van der Waals surface area contributed by atoms with Gasteiger partial charge in [-0.05, 0) is 19.8 Å². The quantitative estimate of drug-likeness (QED) is 0.856. The Morgan fingerprint density at radius 1 is 1.53 bits per heavy atom. The summed E-state index contributed by atoms with van der Waals surface area (Å²) in [5.41, 5.74) is 0. The Morgan fingerprint density at radius 2 is 2.26 bits per heavy atom. The number of carbonyl (C=O) groups is 1. The molecule has 0 aliphatic carbocycles.